The zero-order valence-electron chi connectivity index (χ0n) is 13.7. The molecule has 1 atom stereocenters. The average molecular weight is 364 g/mol. The lowest BCUT2D eigenvalue weighted by Gasteiger charge is -2.37. The van der Waals surface area contributed by atoms with Crippen LogP contribution in [0.1, 0.15) is 17.4 Å². The molecule has 1 aromatic heterocycles. The van der Waals surface area contributed by atoms with Crippen LogP contribution in [0.2, 0.25) is 5.02 Å². The van der Waals surface area contributed by atoms with Crippen LogP contribution in [0.4, 0.5) is 5.82 Å². The zero-order chi connectivity index (χ0) is 18.0. The minimum Gasteiger partial charge on any atom is -0.358 e. The second-order valence-corrected chi connectivity index (χ2v) is 6.27. The first-order valence-electron chi connectivity index (χ1n) is 7.90. The summed E-state index contributed by atoms with van der Waals surface area (Å²) in [4.78, 5) is 28.7. The smallest absolute Gasteiger partial charge is 0.358 e. The molecule has 0 spiro atoms. The number of carbonyl (C=O) groups excluding carboxylic acids is 1. The highest BCUT2D eigenvalue weighted by molar-refractivity contribution is 6.31. The molecule has 132 valence electrons. The summed E-state index contributed by atoms with van der Waals surface area (Å²) in [5.74, 6) is 0.0551. The number of aromatic nitrogens is 2. The molecule has 1 unspecified atom stereocenters. The van der Waals surface area contributed by atoms with Crippen LogP contribution in [0.5, 0.6) is 0 Å². The lowest BCUT2D eigenvalue weighted by Crippen LogP contribution is -2.49. The Morgan fingerprint density at radius 3 is 2.92 bits per heavy atom. The van der Waals surface area contributed by atoms with Crippen molar-refractivity contribution >= 4 is 23.3 Å². The number of amides is 1. The molecule has 0 radical (unpaired) electrons. The van der Waals surface area contributed by atoms with Crippen molar-refractivity contribution in [2.75, 3.05) is 19.6 Å². The highest BCUT2D eigenvalue weighted by atomic mass is 35.5. The molecule has 1 aliphatic rings. The van der Waals surface area contributed by atoms with E-state index in [0.717, 1.165) is 5.56 Å². The first kappa shape index (κ1) is 17.4. The fourth-order valence-corrected chi connectivity index (χ4v) is 3.26. The van der Waals surface area contributed by atoms with Gasteiger partial charge in [-0.15, -0.1) is 0 Å². The molecule has 9 heteroatoms. The van der Waals surface area contributed by atoms with Crippen LogP contribution in [0.3, 0.4) is 0 Å². The molecular formula is C16H18ClN5O3. The molecule has 3 rings (SSSR count). The van der Waals surface area contributed by atoms with E-state index in [0.29, 0.717) is 30.5 Å². The minimum atomic E-state index is -0.564. The Labute approximate surface area is 149 Å². The molecule has 0 bridgehead atoms. The van der Waals surface area contributed by atoms with E-state index in [1.54, 1.807) is 17.9 Å². The van der Waals surface area contributed by atoms with Crippen LogP contribution in [0, 0.1) is 17.0 Å². The van der Waals surface area contributed by atoms with Crippen molar-refractivity contribution in [2.24, 2.45) is 0 Å². The summed E-state index contributed by atoms with van der Waals surface area (Å²) in [5, 5.41) is 14.7. The Kier molecular flexibility index (Phi) is 5.00. The van der Waals surface area contributed by atoms with Crippen molar-refractivity contribution in [2.45, 2.75) is 19.5 Å². The van der Waals surface area contributed by atoms with E-state index >= 15 is 0 Å². The van der Waals surface area contributed by atoms with E-state index in [1.165, 1.54) is 10.8 Å². The van der Waals surface area contributed by atoms with Crippen molar-refractivity contribution < 1.29 is 9.72 Å². The highest BCUT2D eigenvalue weighted by Gasteiger charge is 2.30. The minimum absolute atomic E-state index is 0.00757. The van der Waals surface area contributed by atoms with Crippen LogP contribution in [-0.2, 0) is 11.3 Å². The second kappa shape index (κ2) is 7.20. The van der Waals surface area contributed by atoms with Crippen molar-refractivity contribution in [3.63, 3.8) is 0 Å². The fourth-order valence-electron chi connectivity index (χ4n) is 3.00. The summed E-state index contributed by atoms with van der Waals surface area (Å²) in [7, 11) is 0. The summed E-state index contributed by atoms with van der Waals surface area (Å²) in [5.41, 5.74) is 0.887. The molecule has 1 saturated heterocycles. The molecule has 1 amide bonds. The maximum absolute atomic E-state index is 12.8. The van der Waals surface area contributed by atoms with Crippen molar-refractivity contribution in [3.05, 3.63) is 57.0 Å². The second-order valence-electron chi connectivity index (χ2n) is 5.86. The number of halogens is 1. The highest BCUT2D eigenvalue weighted by Crippen LogP contribution is 2.28. The number of piperazine rings is 1. The van der Waals surface area contributed by atoms with Gasteiger partial charge in [0.15, 0.2) is 0 Å². The number of imidazole rings is 1. The SMILES string of the molecule is Cc1nc([N+](=O)[O-])cn1CC(=O)N1CCNCC1c1ccccc1Cl. The predicted molar refractivity (Wildman–Crippen MR) is 92.4 cm³/mol. The van der Waals surface area contributed by atoms with Gasteiger partial charge in [0.2, 0.25) is 11.7 Å². The van der Waals surface area contributed by atoms with E-state index in [-0.39, 0.29) is 24.3 Å². The molecule has 0 aliphatic carbocycles. The van der Waals surface area contributed by atoms with Gasteiger partial charge in [-0.2, -0.15) is 0 Å². The summed E-state index contributed by atoms with van der Waals surface area (Å²) >= 11 is 6.30. The van der Waals surface area contributed by atoms with E-state index in [2.05, 4.69) is 10.3 Å². The van der Waals surface area contributed by atoms with Gasteiger partial charge in [-0.05, 0) is 21.5 Å². The zero-order valence-corrected chi connectivity index (χ0v) is 14.4. The number of aryl methyl sites for hydroxylation is 1. The number of carbonyl (C=O) groups is 1. The topological polar surface area (TPSA) is 93.3 Å². The van der Waals surface area contributed by atoms with Crippen molar-refractivity contribution in [1.29, 1.82) is 0 Å². The number of nitrogens with one attached hydrogen (secondary N) is 1. The van der Waals surface area contributed by atoms with E-state index in [9.17, 15) is 14.9 Å². The maximum Gasteiger partial charge on any atom is 0.381 e. The quantitative estimate of drug-likeness (QED) is 0.661. The molecular weight excluding hydrogens is 346 g/mol. The predicted octanol–water partition coefficient (Wildman–Crippen LogP) is 1.93. The third-order valence-electron chi connectivity index (χ3n) is 4.28. The van der Waals surface area contributed by atoms with Crippen LogP contribution < -0.4 is 5.32 Å². The number of rotatable bonds is 4. The monoisotopic (exact) mass is 363 g/mol. The van der Waals surface area contributed by atoms with Gasteiger partial charge in [-0.25, -0.2) is 0 Å². The lowest BCUT2D eigenvalue weighted by atomic mass is 10.0. The first-order valence-corrected chi connectivity index (χ1v) is 8.28. The van der Waals surface area contributed by atoms with Gasteiger partial charge in [-0.3, -0.25) is 9.36 Å². The maximum atomic E-state index is 12.8. The van der Waals surface area contributed by atoms with Crippen LogP contribution >= 0.6 is 11.6 Å². The molecule has 25 heavy (non-hydrogen) atoms. The van der Waals surface area contributed by atoms with Crippen LogP contribution in [0.25, 0.3) is 0 Å². The number of hydrogen-bond acceptors (Lipinski definition) is 5. The molecule has 8 nitrogen and oxygen atoms in total. The first-order chi connectivity index (χ1) is 12.0. The van der Waals surface area contributed by atoms with Crippen LogP contribution in [-0.4, -0.2) is 44.9 Å². The van der Waals surface area contributed by atoms with E-state index in [1.807, 2.05) is 18.2 Å². The Bertz CT molecular complexity index is 807. The summed E-state index contributed by atoms with van der Waals surface area (Å²) in [6, 6.07) is 7.28. The molecule has 1 aromatic carbocycles. The normalized spacial score (nSPS) is 17.5. The molecule has 1 N–H and O–H groups in total. The molecule has 2 aromatic rings. The van der Waals surface area contributed by atoms with Crippen LogP contribution in [0.15, 0.2) is 30.5 Å². The van der Waals surface area contributed by atoms with E-state index in [4.69, 9.17) is 11.6 Å². The molecule has 0 saturated carbocycles. The summed E-state index contributed by atoms with van der Waals surface area (Å²) in [6.45, 7) is 3.50. The number of nitro groups is 1. The molecule has 1 aliphatic heterocycles. The third kappa shape index (κ3) is 3.64. The summed E-state index contributed by atoms with van der Waals surface area (Å²) in [6.07, 6.45) is 1.29. The van der Waals surface area contributed by atoms with Gasteiger partial charge in [0.05, 0.1) is 6.04 Å². The van der Waals surface area contributed by atoms with Gasteiger partial charge < -0.3 is 20.3 Å². The average Bonchev–Trinajstić information content (AvgIpc) is 2.96. The summed E-state index contributed by atoms with van der Waals surface area (Å²) < 4.78 is 1.51. The van der Waals surface area contributed by atoms with Gasteiger partial charge in [0, 0.05) is 31.6 Å². The fraction of sp³-hybridized carbons (Fsp3) is 0.375. The number of hydrogen-bond donors (Lipinski definition) is 1. The third-order valence-corrected chi connectivity index (χ3v) is 4.63. The van der Waals surface area contributed by atoms with E-state index < -0.39 is 4.92 Å². The Morgan fingerprint density at radius 2 is 2.24 bits per heavy atom. The van der Waals surface area contributed by atoms with Gasteiger partial charge >= 0.3 is 5.82 Å². The Morgan fingerprint density at radius 1 is 1.48 bits per heavy atom. The van der Waals surface area contributed by atoms with Gasteiger partial charge in [0.25, 0.3) is 0 Å². The Hall–Kier alpha value is -2.45. The van der Waals surface area contributed by atoms with Crippen molar-refractivity contribution in [3.8, 4) is 0 Å². The molecule has 1 fully saturated rings. The van der Waals surface area contributed by atoms with Crippen molar-refractivity contribution in [1.82, 2.24) is 19.8 Å². The van der Waals surface area contributed by atoms with Gasteiger partial charge in [0.1, 0.15) is 12.7 Å². The lowest BCUT2D eigenvalue weighted by molar-refractivity contribution is -0.389. The Balaban J connectivity index is 1.82. The number of nitrogens with zero attached hydrogens (tertiary/aromatic N) is 4. The number of benzene rings is 1. The standard InChI is InChI=1S/C16H18ClN5O3/c1-11-19-15(22(24)25)9-20(11)10-16(23)21-7-6-18-8-14(21)12-4-2-3-5-13(12)17/h2-5,9,14,18H,6-8,10H2,1H3. The largest absolute Gasteiger partial charge is 0.381 e. The van der Waals surface area contributed by atoms with Gasteiger partial charge in [-0.1, -0.05) is 29.8 Å². The molecule has 2 heterocycles.